The fourth-order valence-electron chi connectivity index (χ4n) is 1.56. The molecule has 0 unspecified atom stereocenters. The third-order valence-corrected chi connectivity index (χ3v) is 3.61. The quantitative estimate of drug-likeness (QED) is 0.855. The van der Waals surface area contributed by atoms with E-state index in [-0.39, 0.29) is 24.1 Å². The maximum Gasteiger partial charge on any atom is 0.290 e. The van der Waals surface area contributed by atoms with Crippen molar-refractivity contribution in [1.29, 1.82) is 0 Å². The average Bonchev–Trinajstić information content (AvgIpc) is 2.98. The summed E-state index contributed by atoms with van der Waals surface area (Å²) < 4.78 is 4.73. The molecular weight excluding hydrogens is 280 g/mol. The summed E-state index contributed by atoms with van der Waals surface area (Å²) in [4.78, 5) is 27.6. The second-order valence-electron chi connectivity index (χ2n) is 4.43. The number of hydrogen-bond acceptors (Lipinski definition) is 6. The summed E-state index contributed by atoms with van der Waals surface area (Å²) in [6.45, 7) is 0.251. The van der Waals surface area contributed by atoms with E-state index < -0.39 is 0 Å². The standard InChI is InChI=1S/C12H12N4O3S/c17-11(15-7-1-2-7)8-6-20-10(16-8)5-13-12(18)9-3-4-14-19-9/h3-4,6-7H,1-2,5H2,(H,13,18)(H,15,17). The zero-order valence-corrected chi connectivity index (χ0v) is 11.3. The highest BCUT2D eigenvalue weighted by atomic mass is 32.1. The normalized spacial score (nSPS) is 14.0. The lowest BCUT2D eigenvalue weighted by atomic mass is 10.4. The van der Waals surface area contributed by atoms with E-state index in [1.54, 1.807) is 5.38 Å². The first-order chi connectivity index (χ1) is 9.72. The van der Waals surface area contributed by atoms with Crippen LogP contribution >= 0.6 is 11.3 Å². The van der Waals surface area contributed by atoms with Crippen molar-refractivity contribution in [1.82, 2.24) is 20.8 Å². The summed E-state index contributed by atoms with van der Waals surface area (Å²) in [5, 5.41) is 11.3. The van der Waals surface area contributed by atoms with E-state index in [0.717, 1.165) is 12.8 Å². The van der Waals surface area contributed by atoms with Gasteiger partial charge in [0, 0.05) is 17.5 Å². The molecule has 2 aromatic heterocycles. The van der Waals surface area contributed by atoms with Crippen LogP contribution in [0.4, 0.5) is 0 Å². The number of rotatable bonds is 5. The molecule has 8 heteroatoms. The number of carbonyl (C=O) groups is 2. The maximum absolute atomic E-state index is 11.8. The third-order valence-electron chi connectivity index (χ3n) is 2.76. The van der Waals surface area contributed by atoms with Crippen LogP contribution in [-0.4, -0.2) is 28.0 Å². The number of thiazole rings is 1. The van der Waals surface area contributed by atoms with E-state index >= 15 is 0 Å². The van der Waals surface area contributed by atoms with Gasteiger partial charge in [0.25, 0.3) is 11.8 Å². The first kappa shape index (κ1) is 12.8. The third kappa shape index (κ3) is 3.02. The molecule has 0 aromatic carbocycles. The minimum Gasteiger partial charge on any atom is -0.351 e. The van der Waals surface area contributed by atoms with Crippen molar-refractivity contribution in [3.8, 4) is 0 Å². The van der Waals surface area contributed by atoms with Crippen LogP contribution < -0.4 is 10.6 Å². The highest BCUT2D eigenvalue weighted by Crippen LogP contribution is 2.19. The summed E-state index contributed by atoms with van der Waals surface area (Å²) in [5.41, 5.74) is 0.394. The van der Waals surface area contributed by atoms with E-state index in [1.807, 2.05) is 0 Å². The molecule has 0 atom stereocenters. The molecule has 0 aliphatic heterocycles. The summed E-state index contributed by atoms with van der Waals surface area (Å²) >= 11 is 1.33. The molecule has 2 amide bonds. The van der Waals surface area contributed by atoms with Crippen molar-refractivity contribution in [3.63, 3.8) is 0 Å². The molecule has 0 spiro atoms. The summed E-state index contributed by atoms with van der Waals surface area (Å²) in [6, 6.07) is 1.78. The largest absolute Gasteiger partial charge is 0.351 e. The Hall–Kier alpha value is -2.22. The molecule has 1 saturated carbocycles. The Kier molecular flexibility index (Phi) is 3.46. The van der Waals surface area contributed by atoms with Gasteiger partial charge in [-0.25, -0.2) is 4.98 Å². The fourth-order valence-corrected chi connectivity index (χ4v) is 2.27. The van der Waals surface area contributed by atoms with Gasteiger partial charge in [-0.3, -0.25) is 9.59 Å². The van der Waals surface area contributed by atoms with Crippen molar-refractivity contribution in [2.75, 3.05) is 0 Å². The van der Waals surface area contributed by atoms with Gasteiger partial charge in [0.15, 0.2) is 0 Å². The predicted octanol–water partition coefficient (Wildman–Crippen LogP) is 0.953. The first-order valence-electron chi connectivity index (χ1n) is 6.16. The molecule has 2 N–H and O–H groups in total. The lowest BCUT2D eigenvalue weighted by Gasteiger charge is -1.99. The van der Waals surface area contributed by atoms with Crippen molar-refractivity contribution < 1.29 is 14.1 Å². The average molecular weight is 292 g/mol. The Morgan fingerprint density at radius 3 is 2.95 bits per heavy atom. The maximum atomic E-state index is 11.8. The van der Waals surface area contributed by atoms with Gasteiger partial charge in [0.1, 0.15) is 10.7 Å². The molecule has 7 nitrogen and oxygen atoms in total. The Morgan fingerprint density at radius 1 is 1.40 bits per heavy atom. The molecule has 20 heavy (non-hydrogen) atoms. The van der Waals surface area contributed by atoms with Crippen LogP contribution in [0.1, 0.15) is 38.9 Å². The summed E-state index contributed by atoms with van der Waals surface area (Å²) in [5.74, 6) is -0.369. The van der Waals surface area contributed by atoms with E-state index in [2.05, 4.69) is 20.8 Å². The lowest BCUT2D eigenvalue weighted by molar-refractivity contribution is 0.0913. The van der Waals surface area contributed by atoms with Crippen LogP contribution in [0.15, 0.2) is 22.2 Å². The highest BCUT2D eigenvalue weighted by molar-refractivity contribution is 7.09. The van der Waals surface area contributed by atoms with Crippen LogP contribution in [0, 0.1) is 0 Å². The number of carbonyl (C=O) groups excluding carboxylic acids is 2. The Labute approximate surface area is 118 Å². The molecule has 104 valence electrons. The number of hydrogen-bond donors (Lipinski definition) is 2. The van der Waals surface area contributed by atoms with Gasteiger partial charge in [-0.05, 0) is 12.8 Å². The smallest absolute Gasteiger partial charge is 0.290 e. The zero-order chi connectivity index (χ0) is 13.9. The van der Waals surface area contributed by atoms with E-state index in [4.69, 9.17) is 4.52 Å². The topological polar surface area (TPSA) is 97.1 Å². The molecule has 3 rings (SSSR count). The molecule has 1 aliphatic rings. The van der Waals surface area contributed by atoms with Crippen molar-refractivity contribution in [2.45, 2.75) is 25.4 Å². The lowest BCUT2D eigenvalue weighted by Crippen LogP contribution is -2.26. The molecule has 2 aromatic rings. The van der Waals surface area contributed by atoms with Crippen molar-refractivity contribution >= 4 is 23.2 Å². The Balaban J connectivity index is 1.54. The van der Waals surface area contributed by atoms with E-state index in [0.29, 0.717) is 16.7 Å². The monoisotopic (exact) mass is 292 g/mol. The minimum absolute atomic E-state index is 0.147. The second kappa shape index (κ2) is 5.41. The number of aromatic nitrogens is 2. The van der Waals surface area contributed by atoms with Crippen molar-refractivity contribution in [2.24, 2.45) is 0 Å². The minimum atomic E-state index is -0.360. The Bertz CT molecular complexity index is 618. The molecule has 0 saturated heterocycles. The molecule has 2 heterocycles. The van der Waals surface area contributed by atoms with Crippen LogP contribution in [0.2, 0.25) is 0 Å². The van der Waals surface area contributed by atoms with Crippen LogP contribution in [-0.2, 0) is 6.54 Å². The molecule has 1 aliphatic carbocycles. The molecule has 0 bridgehead atoms. The van der Waals surface area contributed by atoms with E-state index in [1.165, 1.54) is 23.6 Å². The molecular formula is C12H12N4O3S. The van der Waals surface area contributed by atoms with Crippen LogP contribution in [0.25, 0.3) is 0 Å². The number of nitrogens with one attached hydrogen (secondary N) is 2. The zero-order valence-electron chi connectivity index (χ0n) is 10.5. The molecule has 1 fully saturated rings. The first-order valence-corrected chi connectivity index (χ1v) is 7.04. The fraction of sp³-hybridized carbons (Fsp3) is 0.333. The van der Waals surface area contributed by atoms with Gasteiger partial charge in [0.05, 0.1) is 12.7 Å². The van der Waals surface area contributed by atoms with Gasteiger partial charge in [-0.1, -0.05) is 5.16 Å². The van der Waals surface area contributed by atoms with E-state index in [9.17, 15) is 9.59 Å². The summed E-state index contributed by atoms with van der Waals surface area (Å²) in [6.07, 6.45) is 3.48. The highest BCUT2D eigenvalue weighted by Gasteiger charge is 2.24. The van der Waals surface area contributed by atoms with Gasteiger partial charge in [-0.15, -0.1) is 11.3 Å². The van der Waals surface area contributed by atoms with Gasteiger partial charge in [0.2, 0.25) is 5.76 Å². The van der Waals surface area contributed by atoms with Gasteiger partial charge >= 0.3 is 0 Å². The summed E-state index contributed by atoms with van der Waals surface area (Å²) in [7, 11) is 0. The molecule has 0 radical (unpaired) electrons. The Morgan fingerprint density at radius 2 is 2.25 bits per heavy atom. The number of amides is 2. The SMILES string of the molecule is O=C(NC1CC1)c1csc(CNC(=O)c2ccno2)n1. The van der Waals surface area contributed by atoms with Gasteiger partial charge in [-0.2, -0.15) is 0 Å². The number of nitrogens with zero attached hydrogens (tertiary/aromatic N) is 2. The predicted molar refractivity (Wildman–Crippen MR) is 70.3 cm³/mol. The van der Waals surface area contributed by atoms with Crippen LogP contribution in [0.3, 0.4) is 0 Å². The van der Waals surface area contributed by atoms with Crippen molar-refractivity contribution in [3.05, 3.63) is 34.1 Å². The van der Waals surface area contributed by atoms with Gasteiger partial charge < -0.3 is 15.2 Å². The van der Waals surface area contributed by atoms with Crippen LogP contribution in [0.5, 0.6) is 0 Å². The second-order valence-corrected chi connectivity index (χ2v) is 5.38.